The van der Waals surface area contributed by atoms with Crippen molar-refractivity contribution in [3.8, 4) is 0 Å². The van der Waals surface area contributed by atoms with Gasteiger partial charge in [0.15, 0.2) is 0 Å². The van der Waals surface area contributed by atoms with Crippen molar-refractivity contribution in [2.24, 2.45) is 0 Å². The molecule has 5 nitrogen and oxygen atoms in total. The quantitative estimate of drug-likeness (QED) is 0.408. The Bertz CT molecular complexity index is 64.6. The second-order valence-corrected chi connectivity index (χ2v) is 0.563. The molecule has 0 amide bonds. The minimum absolute atomic E-state index is 0. The molecule has 4 N–H and O–H groups in total. The monoisotopic (exact) mass is 111 g/mol. The molecule has 0 fully saturated rings. The van der Waals surface area contributed by atoms with Crippen LogP contribution in [-0.2, 0) is 0 Å². The smallest absolute Gasteiger partial charge is 0.135 e. The Balaban J connectivity index is 0. The maximum absolute atomic E-state index is 3.31. The van der Waals surface area contributed by atoms with Crippen LogP contribution >= 0.6 is 0 Å². The zero-order valence-corrected chi connectivity index (χ0v) is 3.13. The van der Waals surface area contributed by atoms with Crippen LogP contribution < -0.4 is 6.15 Å². The summed E-state index contributed by atoms with van der Waals surface area (Å²) in [5, 5.41) is 12.1. The minimum atomic E-state index is 0. The number of nitrogens with one attached hydrogen (secondary N) is 1. The van der Waals surface area contributed by atoms with Gasteiger partial charge in [-0.1, -0.05) is 0 Å². The molecule has 0 atom stereocenters. The van der Waals surface area contributed by atoms with E-state index in [9.17, 15) is 0 Å². The van der Waals surface area contributed by atoms with Crippen molar-refractivity contribution in [2.45, 2.75) is 0 Å². The second kappa shape index (κ2) is 6.03. The van der Waals surface area contributed by atoms with Crippen molar-refractivity contribution >= 4 is 29.6 Å². The average molecular weight is 111 g/mol. The van der Waals surface area contributed by atoms with Gasteiger partial charge in [-0.15, -0.1) is 5.10 Å². The Morgan fingerprint density at radius 1 is 1.43 bits per heavy atom. The van der Waals surface area contributed by atoms with E-state index >= 15 is 0 Å². The van der Waals surface area contributed by atoms with Gasteiger partial charge in [-0.05, 0) is 10.4 Å². The SMILES string of the molecule is N.[NaH].c1nnn[nH]1. The molecular formula is CH6N5Na. The molecule has 0 saturated heterocycles. The first-order valence-electron chi connectivity index (χ1n) is 1.17. The molecule has 1 heterocycles. The first-order valence-corrected chi connectivity index (χ1v) is 1.17. The van der Waals surface area contributed by atoms with Crippen molar-refractivity contribution in [3.63, 3.8) is 0 Å². The first-order chi connectivity index (χ1) is 2.50. The van der Waals surface area contributed by atoms with E-state index in [4.69, 9.17) is 0 Å². The molecule has 6 heteroatoms. The van der Waals surface area contributed by atoms with E-state index in [2.05, 4.69) is 20.6 Å². The van der Waals surface area contributed by atoms with Gasteiger partial charge in [0.2, 0.25) is 0 Å². The predicted octanol–water partition coefficient (Wildman–Crippen LogP) is -1.29. The van der Waals surface area contributed by atoms with Gasteiger partial charge in [-0.3, -0.25) is 0 Å². The van der Waals surface area contributed by atoms with Gasteiger partial charge >= 0.3 is 29.6 Å². The molecule has 0 saturated carbocycles. The molecule has 0 radical (unpaired) electrons. The molecule has 0 aliphatic carbocycles. The number of rotatable bonds is 0. The fraction of sp³-hybridized carbons (Fsp3) is 0. The van der Waals surface area contributed by atoms with E-state index in [1.54, 1.807) is 0 Å². The van der Waals surface area contributed by atoms with Crippen LogP contribution in [0.2, 0.25) is 0 Å². The maximum Gasteiger partial charge on any atom is 0.135 e. The molecule has 0 bridgehead atoms. The zero-order valence-electron chi connectivity index (χ0n) is 3.13. The zero-order chi connectivity index (χ0) is 3.54. The Morgan fingerprint density at radius 3 is 2.29 bits per heavy atom. The van der Waals surface area contributed by atoms with Crippen molar-refractivity contribution in [1.82, 2.24) is 26.8 Å². The number of nitrogens with zero attached hydrogens (tertiary/aromatic N) is 3. The van der Waals surface area contributed by atoms with Crippen LogP contribution in [0.5, 0.6) is 0 Å². The molecule has 0 aromatic carbocycles. The van der Waals surface area contributed by atoms with Crippen LogP contribution in [0, 0.1) is 0 Å². The fourth-order valence-corrected chi connectivity index (χ4v) is 0.129. The van der Waals surface area contributed by atoms with Crippen LogP contribution in [0.25, 0.3) is 0 Å². The average Bonchev–Trinajstić information content (AvgIpc) is 1.76. The van der Waals surface area contributed by atoms with Crippen LogP contribution in [0.1, 0.15) is 0 Å². The van der Waals surface area contributed by atoms with Crippen molar-refractivity contribution in [3.05, 3.63) is 6.33 Å². The van der Waals surface area contributed by atoms with Crippen molar-refractivity contribution in [1.29, 1.82) is 0 Å². The standard InChI is InChI=1S/CH2N4.H3N.Na.H/c1-2-4-5-3-1;;;/h1H,(H,2,3,4,5);1H3;;. The third-order valence-corrected chi connectivity index (χ3v) is 0.270. The first kappa shape index (κ1) is 10.1. The van der Waals surface area contributed by atoms with Gasteiger partial charge in [-0.25, -0.2) is 5.10 Å². The van der Waals surface area contributed by atoms with Crippen molar-refractivity contribution < 1.29 is 0 Å². The number of hydrogen-bond donors (Lipinski definition) is 2. The molecule has 1 rings (SSSR count). The van der Waals surface area contributed by atoms with E-state index in [-0.39, 0.29) is 35.7 Å². The molecular weight excluding hydrogens is 105 g/mol. The normalized spacial score (nSPS) is 5.71. The number of hydrogen-bond acceptors (Lipinski definition) is 4. The Kier molecular flexibility index (Phi) is 8.70. The number of H-pyrrole nitrogens is 1. The molecule has 36 valence electrons. The van der Waals surface area contributed by atoms with Gasteiger partial charge in [0.1, 0.15) is 6.33 Å². The van der Waals surface area contributed by atoms with Crippen LogP contribution in [0.4, 0.5) is 0 Å². The summed E-state index contributed by atoms with van der Waals surface area (Å²) in [5.74, 6) is 0. The topological polar surface area (TPSA) is 89.5 Å². The largest absolute Gasteiger partial charge is 0.246 e. The van der Waals surface area contributed by atoms with E-state index in [1.807, 2.05) is 0 Å². The molecule has 7 heavy (non-hydrogen) atoms. The van der Waals surface area contributed by atoms with Crippen LogP contribution in [0.15, 0.2) is 6.33 Å². The molecule has 0 unspecified atom stereocenters. The summed E-state index contributed by atoms with van der Waals surface area (Å²) in [4.78, 5) is 0. The van der Waals surface area contributed by atoms with E-state index < -0.39 is 0 Å². The third-order valence-electron chi connectivity index (χ3n) is 0.270. The number of aromatic nitrogens is 4. The summed E-state index contributed by atoms with van der Waals surface area (Å²) in [5.41, 5.74) is 0. The van der Waals surface area contributed by atoms with E-state index in [1.165, 1.54) is 6.33 Å². The van der Waals surface area contributed by atoms with Gasteiger partial charge in [0.05, 0.1) is 0 Å². The Labute approximate surface area is 62.8 Å². The number of tetrazole rings is 1. The Hall–Kier alpha value is 0.0300. The van der Waals surface area contributed by atoms with E-state index in [0.29, 0.717) is 0 Å². The van der Waals surface area contributed by atoms with Crippen LogP contribution in [0.3, 0.4) is 0 Å². The van der Waals surface area contributed by atoms with Gasteiger partial charge < -0.3 is 6.15 Å². The molecule has 0 aliphatic rings. The third kappa shape index (κ3) is 3.87. The second-order valence-electron chi connectivity index (χ2n) is 0.563. The molecule has 0 spiro atoms. The maximum atomic E-state index is 3.31. The predicted molar refractivity (Wildman–Crippen MR) is 26.3 cm³/mol. The summed E-state index contributed by atoms with van der Waals surface area (Å²) in [6, 6.07) is 0. The molecule has 1 aromatic rings. The Morgan fingerprint density at radius 2 is 2.14 bits per heavy atom. The summed E-state index contributed by atoms with van der Waals surface area (Å²) < 4.78 is 0. The summed E-state index contributed by atoms with van der Waals surface area (Å²) in [7, 11) is 0. The number of aromatic amines is 1. The van der Waals surface area contributed by atoms with E-state index in [0.717, 1.165) is 0 Å². The molecule has 1 aromatic heterocycles. The minimum Gasteiger partial charge on any atom is -0.246 e. The van der Waals surface area contributed by atoms with Crippen molar-refractivity contribution in [2.75, 3.05) is 0 Å². The van der Waals surface area contributed by atoms with Gasteiger partial charge in [0, 0.05) is 0 Å². The summed E-state index contributed by atoms with van der Waals surface area (Å²) in [6.45, 7) is 0. The van der Waals surface area contributed by atoms with Gasteiger partial charge in [-0.2, -0.15) is 0 Å². The summed E-state index contributed by atoms with van der Waals surface area (Å²) in [6.07, 6.45) is 1.40. The summed E-state index contributed by atoms with van der Waals surface area (Å²) >= 11 is 0. The van der Waals surface area contributed by atoms with Gasteiger partial charge in [0.25, 0.3) is 0 Å². The fourth-order valence-electron chi connectivity index (χ4n) is 0.129. The molecule has 0 aliphatic heterocycles. The van der Waals surface area contributed by atoms with Crippen LogP contribution in [-0.4, -0.2) is 50.2 Å².